The van der Waals surface area contributed by atoms with Crippen LogP contribution in [0, 0.1) is 5.92 Å². The van der Waals surface area contributed by atoms with Crippen LogP contribution in [0.15, 0.2) is 0 Å². The molecule has 4 nitrogen and oxygen atoms in total. The van der Waals surface area contributed by atoms with E-state index in [-0.39, 0.29) is 17.5 Å². The molecule has 0 bridgehead atoms. The summed E-state index contributed by atoms with van der Waals surface area (Å²) in [5.74, 6) is -0.904. The first-order valence-corrected chi connectivity index (χ1v) is 5.65. The maximum atomic E-state index is 11.1. The molecule has 0 atom stereocenters. The van der Waals surface area contributed by atoms with Crippen molar-refractivity contribution >= 4 is 17.5 Å². The lowest BCUT2D eigenvalue weighted by molar-refractivity contribution is -0.143. The zero-order valence-electron chi connectivity index (χ0n) is 10.2. The summed E-state index contributed by atoms with van der Waals surface area (Å²) in [7, 11) is 0. The summed E-state index contributed by atoms with van der Waals surface area (Å²) in [6, 6.07) is 0. The van der Waals surface area contributed by atoms with E-state index in [1.54, 1.807) is 6.92 Å². The summed E-state index contributed by atoms with van der Waals surface area (Å²) in [5, 5.41) is 0. The maximum absolute atomic E-state index is 11.1. The normalized spacial score (nSPS) is 10.2. The highest BCUT2D eigenvalue weighted by Gasteiger charge is 2.18. The standard InChI is InChI=1S/C12H20O4/c1-4-16-12(15)8-6-5-7-11(9(2)13)10(3)14/h11H,4-8H2,1-3H3. The second-order valence-corrected chi connectivity index (χ2v) is 3.82. The quantitative estimate of drug-likeness (QED) is 0.361. The van der Waals surface area contributed by atoms with Gasteiger partial charge < -0.3 is 4.74 Å². The molecule has 92 valence electrons. The summed E-state index contributed by atoms with van der Waals surface area (Å²) >= 11 is 0. The molecule has 16 heavy (non-hydrogen) atoms. The molecular formula is C12H20O4. The second-order valence-electron chi connectivity index (χ2n) is 3.82. The topological polar surface area (TPSA) is 60.4 Å². The van der Waals surface area contributed by atoms with Crippen molar-refractivity contribution in [3.8, 4) is 0 Å². The minimum absolute atomic E-state index is 0.0939. The second kappa shape index (κ2) is 8.02. The molecule has 0 aromatic carbocycles. The van der Waals surface area contributed by atoms with Crippen molar-refractivity contribution in [3.63, 3.8) is 0 Å². The lowest BCUT2D eigenvalue weighted by Crippen LogP contribution is -2.19. The lowest BCUT2D eigenvalue weighted by Gasteiger charge is -2.09. The average molecular weight is 228 g/mol. The van der Waals surface area contributed by atoms with Gasteiger partial charge in [0.25, 0.3) is 0 Å². The Hall–Kier alpha value is -1.19. The number of carbonyl (C=O) groups is 3. The van der Waals surface area contributed by atoms with Gasteiger partial charge in [-0.25, -0.2) is 0 Å². The Labute approximate surface area is 96.4 Å². The third kappa shape index (κ3) is 6.32. The Morgan fingerprint density at radius 2 is 1.62 bits per heavy atom. The molecule has 0 heterocycles. The van der Waals surface area contributed by atoms with Crippen molar-refractivity contribution in [3.05, 3.63) is 0 Å². The minimum atomic E-state index is -0.498. The van der Waals surface area contributed by atoms with Gasteiger partial charge in [-0.1, -0.05) is 6.42 Å². The Kier molecular flexibility index (Phi) is 7.42. The SMILES string of the molecule is CCOC(=O)CCCCC(C(C)=O)C(C)=O. The summed E-state index contributed by atoms with van der Waals surface area (Å²) < 4.78 is 4.77. The fraction of sp³-hybridized carbons (Fsp3) is 0.750. The van der Waals surface area contributed by atoms with Crippen LogP contribution in [0.2, 0.25) is 0 Å². The van der Waals surface area contributed by atoms with Crippen LogP contribution < -0.4 is 0 Å². The fourth-order valence-electron chi connectivity index (χ4n) is 1.54. The summed E-state index contributed by atoms with van der Waals surface area (Å²) in [6.07, 6.45) is 2.25. The van der Waals surface area contributed by atoms with E-state index in [4.69, 9.17) is 4.74 Å². The van der Waals surface area contributed by atoms with E-state index < -0.39 is 5.92 Å². The van der Waals surface area contributed by atoms with Gasteiger partial charge in [-0.3, -0.25) is 14.4 Å². The van der Waals surface area contributed by atoms with Gasteiger partial charge >= 0.3 is 5.97 Å². The lowest BCUT2D eigenvalue weighted by atomic mass is 9.94. The molecule has 0 saturated heterocycles. The predicted molar refractivity (Wildman–Crippen MR) is 60.0 cm³/mol. The maximum Gasteiger partial charge on any atom is 0.305 e. The highest BCUT2D eigenvalue weighted by Crippen LogP contribution is 2.12. The third-order valence-corrected chi connectivity index (χ3v) is 2.41. The molecule has 0 aliphatic carbocycles. The van der Waals surface area contributed by atoms with Gasteiger partial charge in [0.1, 0.15) is 11.6 Å². The van der Waals surface area contributed by atoms with Crippen LogP contribution in [-0.2, 0) is 19.1 Å². The Morgan fingerprint density at radius 1 is 1.06 bits per heavy atom. The number of ether oxygens (including phenoxy) is 1. The largest absolute Gasteiger partial charge is 0.466 e. The monoisotopic (exact) mass is 228 g/mol. The number of unbranched alkanes of at least 4 members (excludes halogenated alkanes) is 1. The minimum Gasteiger partial charge on any atom is -0.466 e. The van der Waals surface area contributed by atoms with E-state index in [0.29, 0.717) is 32.3 Å². The zero-order valence-corrected chi connectivity index (χ0v) is 10.2. The van der Waals surface area contributed by atoms with E-state index in [2.05, 4.69) is 0 Å². The number of esters is 1. The van der Waals surface area contributed by atoms with Crippen molar-refractivity contribution in [1.29, 1.82) is 0 Å². The number of Topliss-reactive ketones (excluding diaryl/α,β-unsaturated/α-hetero) is 2. The van der Waals surface area contributed by atoms with Crippen molar-refractivity contribution in [2.45, 2.75) is 46.5 Å². The van der Waals surface area contributed by atoms with Crippen molar-refractivity contribution < 1.29 is 19.1 Å². The van der Waals surface area contributed by atoms with Gasteiger partial charge in [-0.15, -0.1) is 0 Å². The fourth-order valence-corrected chi connectivity index (χ4v) is 1.54. The molecule has 4 heteroatoms. The average Bonchev–Trinajstić information content (AvgIpc) is 2.16. The van der Waals surface area contributed by atoms with E-state index in [0.717, 1.165) is 0 Å². The Bertz CT molecular complexity index is 244. The molecule has 0 fully saturated rings. The van der Waals surface area contributed by atoms with Crippen molar-refractivity contribution in [1.82, 2.24) is 0 Å². The smallest absolute Gasteiger partial charge is 0.305 e. The molecule has 0 N–H and O–H groups in total. The summed E-state index contributed by atoms with van der Waals surface area (Å²) in [4.78, 5) is 33.2. The van der Waals surface area contributed by atoms with Crippen LogP contribution in [-0.4, -0.2) is 24.1 Å². The van der Waals surface area contributed by atoms with E-state index >= 15 is 0 Å². The van der Waals surface area contributed by atoms with Crippen LogP contribution in [0.25, 0.3) is 0 Å². The molecule has 0 unspecified atom stereocenters. The molecule has 0 radical (unpaired) electrons. The van der Waals surface area contributed by atoms with Gasteiger partial charge in [0, 0.05) is 6.42 Å². The molecular weight excluding hydrogens is 208 g/mol. The summed E-state index contributed by atoms with van der Waals surface area (Å²) in [6.45, 7) is 5.01. The van der Waals surface area contributed by atoms with Crippen LogP contribution >= 0.6 is 0 Å². The molecule has 0 aromatic heterocycles. The first-order valence-electron chi connectivity index (χ1n) is 5.65. The zero-order chi connectivity index (χ0) is 12.6. The van der Waals surface area contributed by atoms with E-state index in [9.17, 15) is 14.4 Å². The van der Waals surface area contributed by atoms with E-state index in [1.807, 2.05) is 0 Å². The Balaban J connectivity index is 3.75. The van der Waals surface area contributed by atoms with Gasteiger partial charge in [-0.2, -0.15) is 0 Å². The highest BCUT2D eigenvalue weighted by molar-refractivity contribution is 6.00. The van der Waals surface area contributed by atoms with Gasteiger partial charge in [0.2, 0.25) is 0 Å². The molecule has 0 aliphatic heterocycles. The number of hydrogen-bond donors (Lipinski definition) is 0. The predicted octanol–water partition coefficient (Wildman–Crippen LogP) is 1.90. The number of rotatable bonds is 8. The molecule has 0 aliphatic rings. The number of carbonyl (C=O) groups excluding carboxylic acids is 3. The van der Waals surface area contributed by atoms with Gasteiger partial charge in [0.05, 0.1) is 12.5 Å². The summed E-state index contributed by atoms with van der Waals surface area (Å²) in [5.41, 5.74) is 0. The first-order chi connectivity index (χ1) is 7.49. The first kappa shape index (κ1) is 14.8. The molecule has 0 aromatic rings. The highest BCUT2D eigenvalue weighted by atomic mass is 16.5. The Morgan fingerprint density at radius 3 is 2.06 bits per heavy atom. The van der Waals surface area contributed by atoms with Crippen LogP contribution in [0.1, 0.15) is 46.5 Å². The van der Waals surface area contributed by atoms with Gasteiger partial charge in [0.15, 0.2) is 0 Å². The van der Waals surface area contributed by atoms with Crippen molar-refractivity contribution in [2.24, 2.45) is 5.92 Å². The van der Waals surface area contributed by atoms with Gasteiger partial charge in [-0.05, 0) is 33.6 Å². The van der Waals surface area contributed by atoms with Crippen LogP contribution in [0.5, 0.6) is 0 Å². The van der Waals surface area contributed by atoms with Crippen LogP contribution in [0.4, 0.5) is 0 Å². The number of ketones is 2. The molecule has 0 rings (SSSR count). The molecule has 0 amide bonds. The third-order valence-electron chi connectivity index (χ3n) is 2.41. The van der Waals surface area contributed by atoms with Crippen molar-refractivity contribution in [2.75, 3.05) is 6.61 Å². The number of hydrogen-bond acceptors (Lipinski definition) is 4. The molecule has 0 saturated carbocycles. The van der Waals surface area contributed by atoms with E-state index in [1.165, 1.54) is 13.8 Å². The molecule has 0 spiro atoms. The van der Waals surface area contributed by atoms with Crippen LogP contribution in [0.3, 0.4) is 0 Å².